The molecule has 0 heterocycles. The number of nitrogens with two attached hydrogens (primary N) is 1. The molecule has 0 unspecified atom stereocenters. The summed E-state index contributed by atoms with van der Waals surface area (Å²) in [5.41, 5.74) is 9.76. The summed E-state index contributed by atoms with van der Waals surface area (Å²) in [5, 5.41) is 0. The van der Waals surface area contributed by atoms with Crippen molar-refractivity contribution in [3.05, 3.63) is 42.0 Å². The average molecular weight is 243 g/mol. The lowest BCUT2D eigenvalue weighted by Gasteiger charge is -2.14. The fourth-order valence-electron chi connectivity index (χ4n) is 2.09. The molecule has 2 N–H and O–H groups in total. The molecule has 0 bridgehead atoms. The summed E-state index contributed by atoms with van der Waals surface area (Å²) >= 11 is 0. The van der Waals surface area contributed by atoms with Gasteiger partial charge < -0.3 is 15.2 Å². The van der Waals surface area contributed by atoms with Crippen LogP contribution in [0.25, 0.3) is 11.1 Å². The predicted octanol–water partition coefficient (Wildman–Crippen LogP) is 3.26. The van der Waals surface area contributed by atoms with E-state index in [9.17, 15) is 0 Å². The Morgan fingerprint density at radius 2 is 1.72 bits per heavy atom. The van der Waals surface area contributed by atoms with Gasteiger partial charge in [0.2, 0.25) is 0 Å². The number of anilines is 1. The summed E-state index contributed by atoms with van der Waals surface area (Å²) in [5.74, 6) is 1.47. The van der Waals surface area contributed by atoms with E-state index in [0.717, 1.165) is 33.9 Å². The molecule has 0 aliphatic carbocycles. The van der Waals surface area contributed by atoms with Crippen molar-refractivity contribution in [2.45, 2.75) is 6.92 Å². The zero-order valence-electron chi connectivity index (χ0n) is 10.9. The van der Waals surface area contributed by atoms with Crippen LogP contribution in [-0.2, 0) is 0 Å². The molecule has 0 radical (unpaired) electrons. The van der Waals surface area contributed by atoms with Gasteiger partial charge in [-0.1, -0.05) is 18.2 Å². The van der Waals surface area contributed by atoms with Gasteiger partial charge in [-0.3, -0.25) is 0 Å². The molecule has 2 aromatic carbocycles. The van der Waals surface area contributed by atoms with Crippen molar-refractivity contribution in [2.75, 3.05) is 20.0 Å². The van der Waals surface area contributed by atoms with Crippen LogP contribution >= 0.6 is 0 Å². The third-order valence-electron chi connectivity index (χ3n) is 2.94. The zero-order chi connectivity index (χ0) is 13.1. The smallest absolute Gasteiger partial charge is 0.168 e. The van der Waals surface area contributed by atoms with Crippen molar-refractivity contribution >= 4 is 5.69 Å². The van der Waals surface area contributed by atoms with E-state index in [2.05, 4.69) is 0 Å². The highest BCUT2D eigenvalue weighted by atomic mass is 16.5. The molecule has 0 atom stereocenters. The van der Waals surface area contributed by atoms with E-state index in [1.165, 1.54) is 0 Å². The normalized spacial score (nSPS) is 10.2. The molecule has 0 saturated heterocycles. The van der Waals surface area contributed by atoms with Gasteiger partial charge >= 0.3 is 0 Å². The second-order valence-electron chi connectivity index (χ2n) is 4.12. The van der Waals surface area contributed by atoms with E-state index >= 15 is 0 Å². The first-order valence-electron chi connectivity index (χ1n) is 5.75. The first kappa shape index (κ1) is 12.3. The number of ether oxygens (including phenoxy) is 2. The van der Waals surface area contributed by atoms with E-state index < -0.39 is 0 Å². The second kappa shape index (κ2) is 5.00. The maximum absolute atomic E-state index is 5.78. The van der Waals surface area contributed by atoms with Crippen LogP contribution in [0.4, 0.5) is 5.69 Å². The molecule has 18 heavy (non-hydrogen) atoms. The van der Waals surface area contributed by atoms with E-state index in [1.807, 2.05) is 43.3 Å². The van der Waals surface area contributed by atoms with E-state index in [4.69, 9.17) is 15.2 Å². The molecule has 2 rings (SSSR count). The summed E-state index contributed by atoms with van der Waals surface area (Å²) in [6.45, 7) is 2.03. The van der Waals surface area contributed by atoms with Crippen molar-refractivity contribution in [1.82, 2.24) is 0 Å². The number of nitrogen functional groups attached to an aromatic ring is 1. The van der Waals surface area contributed by atoms with Crippen LogP contribution in [0.5, 0.6) is 11.5 Å². The second-order valence-corrected chi connectivity index (χ2v) is 4.12. The highest BCUT2D eigenvalue weighted by Gasteiger charge is 2.12. The lowest BCUT2D eigenvalue weighted by Crippen LogP contribution is -1.95. The van der Waals surface area contributed by atoms with E-state index in [0.29, 0.717) is 0 Å². The summed E-state index contributed by atoms with van der Waals surface area (Å²) < 4.78 is 10.8. The van der Waals surface area contributed by atoms with Crippen molar-refractivity contribution in [3.8, 4) is 22.6 Å². The molecule has 3 nitrogen and oxygen atoms in total. The Hall–Kier alpha value is -2.16. The Labute approximate surface area is 107 Å². The third-order valence-corrected chi connectivity index (χ3v) is 2.94. The summed E-state index contributed by atoms with van der Waals surface area (Å²) in [6.07, 6.45) is 0. The van der Waals surface area contributed by atoms with Crippen molar-refractivity contribution in [2.24, 2.45) is 0 Å². The van der Waals surface area contributed by atoms with Crippen LogP contribution in [0, 0.1) is 6.92 Å². The molecule has 0 aliphatic rings. The number of para-hydroxylation sites is 1. The van der Waals surface area contributed by atoms with Crippen molar-refractivity contribution in [3.63, 3.8) is 0 Å². The number of hydrogen-bond donors (Lipinski definition) is 1. The fourth-order valence-corrected chi connectivity index (χ4v) is 2.09. The minimum Gasteiger partial charge on any atom is -0.493 e. The van der Waals surface area contributed by atoms with Crippen LogP contribution in [0.2, 0.25) is 0 Å². The molecular formula is C15H17NO2. The van der Waals surface area contributed by atoms with Crippen molar-refractivity contribution in [1.29, 1.82) is 0 Å². The Kier molecular flexibility index (Phi) is 3.42. The Morgan fingerprint density at radius 1 is 0.944 bits per heavy atom. The maximum atomic E-state index is 5.78. The predicted molar refractivity (Wildman–Crippen MR) is 74.1 cm³/mol. The van der Waals surface area contributed by atoms with Crippen molar-refractivity contribution < 1.29 is 9.47 Å². The highest BCUT2D eigenvalue weighted by Crippen LogP contribution is 2.39. The van der Waals surface area contributed by atoms with Gasteiger partial charge in [0, 0.05) is 11.3 Å². The molecule has 94 valence electrons. The van der Waals surface area contributed by atoms with E-state index in [-0.39, 0.29) is 0 Å². The lowest BCUT2D eigenvalue weighted by molar-refractivity contribution is 0.356. The third kappa shape index (κ3) is 2.12. The van der Waals surface area contributed by atoms with Gasteiger partial charge in [-0.2, -0.15) is 0 Å². The monoisotopic (exact) mass is 243 g/mol. The topological polar surface area (TPSA) is 44.5 Å². The number of methoxy groups -OCH3 is 2. The molecule has 0 aliphatic heterocycles. The lowest BCUT2D eigenvalue weighted by atomic mass is 9.99. The molecule has 0 aromatic heterocycles. The van der Waals surface area contributed by atoms with Crippen LogP contribution in [-0.4, -0.2) is 14.2 Å². The summed E-state index contributed by atoms with van der Waals surface area (Å²) in [4.78, 5) is 0. The molecular weight excluding hydrogens is 226 g/mol. The maximum Gasteiger partial charge on any atom is 0.168 e. The van der Waals surface area contributed by atoms with Crippen LogP contribution < -0.4 is 15.2 Å². The molecule has 0 amide bonds. The van der Waals surface area contributed by atoms with Gasteiger partial charge in [-0.15, -0.1) is 0 Å². The summed E-state index contributed by atoms with van der Waals surface area (Å²) in [6, 6.07) is 11.7. The number of aryl methyl sites for hydroxylation is 1. The van der Waals surface area contributed by atoms with Crippen LogP contribution in [0.15, 0.2) is 36.4 Å². The van der Waals surface area contributed by atoms with E-state index in [1.54, 1.807) is 14.2 Å². The Bertz CT molecular complexity index is 564. The van der Waals surface area contributed by atoms with Gasteiger partial charge in [0.15, 0.2) is 11.5 Å². The summed E-state index contributed by atoms with van der Waals surface area (Å²) in [7, 11) is 3.28. The van der Waals surface area contributed by atoms with Gasteiger partial charge in [0.1, 0.15) is 0 Å². The molecule has 3 heteroatoms. The van der Waals surface area contributed by atoms with Gasteiger partial charge in [0.25, 0.3) is 0 Å². The molecule has 0 fully saturated rings. The van der Waals surface area contributed by atoms with Crippen LogP contribution in [0.3, 0.4) is 0 Å². The quantitative estimate of drug-likeness (QED) is 0.841. The minimum absolute atomic E-state index is 0.728. The van der Waals surface area contributed by atoms with Crippen LogP contribution in [0.1, 0.15) is 5.56 Å². The highest BCUT2D eigenvalue weighted by molar-refractivity contribution is 5.77. The van der Waals surface area contributed by atoms with Gasteiger partial charge in [0.05, 0.1) is 14.2 Å². The fraction of sp³-hybridized carbons (Fsp3) is 0.200. The number of rotatable bonds is 3. The van der Waals surface area contributed by atoms with Gasteiger partial charge in [-0.25, -0.2) is 0 Å². The molecule has 0 saturated carbocycles. The molecule has 2 aromatic rings. The average Bonchev–Trinajstić information content (AvgIpc) is 2.37. The number of benzene rings is 2. The standard InChI is InChI=1S/C15H17NO2/c1-10-9-11(16)7-8-12(10)13-5-4-6-14(17-2)15(13)18-3/h4-9H,16H2,1-3H3. The first-order chi connectivity index (χ1) is 8.67. The molecule has 0 spiro atoms. The first-order valence-corrected chi connectivity index (χ1v) is 5.75. The van der Waals surface area contributed by atoms with Gasteiger partial charge in [-0.05, 0) is 36.2 Å². The number of hydrogen-bond acceptors (Lipinski definition) is 3. The minimum atomic E-state index is 0.728. The zero-order valence-corrected chi connectivity index (χ0v) is 10.9. The SMILES string of the molecule is COc1cccc(-c2ccc(N)cc2C)c1OC. The Morgan fingerprint density at radius 3 is 2.33 bits per heavy atom. The Balaban J connectivity index is 2.63. The largest absolute Gasteiger partial charge is 0.493 e.